The molecule has 1 atom stereocenters. The van der Waals surface area contributed by atoms with Crippen molar-refractivity contribution in [1.29, 1.82) is 0 Å². The lowest BCUT2D eigenvalue weighted by atomic mass is 10.0. The van der Waals surface area contributed by atoms with E-state index in [2.05, 4.69) is 10.3 Å². The number of halogens is 3. The molecule has 2 N–H and O–H groups in total. The van der Waals surface area contributed by atoms with Crippen LogP contribution in [-0.2, 0) is 6.54 Å². The number of imidazole rings is 1. The number of aryl methyl sites for hydroxylation is 1. The van der Waals surface area contributed by atoms with E-state index in [1.807, 2.05) is 0 Å². The molecule has 0 unspecified atom stereocenters. The Hall–Kier alpha value is -1.50. The van der Waals surface area contributed by atoms with Crippen molar-refractivity contribution in [2.45, 2.75) is 32.2 Å². The van der Waals surface area contributed by atoms with E-state index in [0.29, 0.717) is 5.82 Å². The van der Waals surface area contributed by atoms with Crippen LogP contribution in [0.1, 0.15) is 18.4 Å². The van der Waals surface area contributed by atoms with Gasteiger partial charge in [0.2, 0.25) is 0 Å². The maximum atomic E-state index is 12.7. The van der Waals surface area contributed by atoms with Gasteiger partial charge in [-0.2, -0.15) is 13.2 Å². The standard InChI is InChI=1S/C10H12F3N3O/c1-6-3-15-8-4-14-7(5-16(6)8)9(2,17)10(11,12)13/h3,5,14,17H,4H2,1-2H3/t9-/m0/s1. The van der Waals surface area contributed by atoms with Crippen molar-refractivity contribution >= 4 is 6.20 Å². The van der Waals surface area contributed by atoms with Crippen molar-refractivity contribution in [3.63, 3.8) is 0 Å². The van der Waals surface area contributed by atoms with Gasteiger partial charge in [0.15, 0.2) is 5.60 Å². The predicted octanol–water partition coefficient (Wildman–Crippen LogP) is 1.41. The molecule has 0 bridgehead atoms. The molecule has 0 spiro atoms. The van der Waals surface area contributed by atoms with Gasteiger partial charge in [-0.15, -0.1) is 0 Å². The van der Waals surface area contributed by atoms with Crippen molar-refractivity contribution in [3.8, 4) is 0 Å². The van der Waals surface area contributed by atoms with E-state index in [-0.39, 0.29) is 12.2 Å². The predicted molar refractivity (Wildman–Crippen MR) is 54.8 cm³/mol. The molecule has 1 aliphatic heterocycles. The second-order valence-corrected chi connectivity index (χ2v) is 4.15. The van der Waals surface area contributed by atoms with Gasteiger partial charge in [-0.1, -0.05) is 0 Å². The number of alkyl halides is 3. The molecule has 0 aliphatic carbocycles. The minimum absolute atomic E-state index is 0.159. The SMILES string of the molecule is Cc1cnc2n1C=C([C@](C)(O)C(F)(F)F)NC2. The van der Waals surface area contributed by atoms with E-state index >= 15 is 0 Å². The van der Waals surface area contributed by atoms with Crippen molar-refractivity contribution in [2.24, 2.45) is 0 Å². The second-order valence-electron chi connectivity index (χ2n) is 4.15. The lowest BCUT2D eigenvalue weighted by Gasteiger charge is -2.31. The Balaban J connectivity index is 2.44. The highest BCUT2D eigenvalue weighted by Gasteiger charge is 2.53. The van der Waals surface area contributed by atoms with Crippen molar-refractivity contribution < 1.29 is 18.3 Å². The molecule has 94 valence electrons. The molecule has 0 radical (unpaired) electrons. The lowest BCUT2D eigenvalue weighted by Crippen LogP contribution is -2.49. The van der Waals surface area contributed by atoms with Crippen molar-refractivity contribution in [1.82, 2.24) is 14.9 Å². The highest BCUT2D eigenvalue weighted by molar-refractivity contribution is 5.41. The van der Waals surface area contributed by atoms with Gasteiger partial charge in [0.1, 0.15) is 5.82 Å². The maximum Gasteiger partial charge on any atom is 0.422 e. The van der Waals surface area contributed by atoms with Crippen LogP contribution in [0, 0.1) is 6.92 Å². The summed E-state index contributed by atoms with van der Waals surface area (Å²) in [6, 6.07) is 0. The first kappa shape index (κ1) is 12.0. The maximum absolute atomic E-state index is 12.7. The van der Waals surface area contributed by atoms with Gasteiger partial charge in [-0.3, -0.25) is 0 Å². The molecule has 0 saturated heterocycles. The molecule has 2 heterocycles. The van der Waals surface area contributed by atoms with Gasteiger partial charge >= 0.3 is 6.18 Å². The number of aromatic nitrogens is 2. The first-order chi connectivity index (χ1) is 7.73. The number of nitrogens with zero attached hydrogens (tertiary/aromatic N) is 2. The normalized spacial score (nSPS) is 19.1. The third kappa shape index (κ3) is 1.80. The molecule has 7 heteroatoms. The monoisotopic (exact) mass is 247 g/mol. The average molecular weight is 247 g/mol. The van der Waals surface area contributed by atoms with Gasteiger partial charge in [-0.25, -0.2) is 4.98 Å². The fourth-order valence-electron chi connectivity index (χ4n) is 1.60. The minimum Gasteiger partial charge on any atom is -0.377 e. The zero-order valence-corrected chi connectivity index (χ0v) is 9.34. The Morgan fingerprint density at radius 2 is 2.12 bits per heavy atom. The summed E-state index contributed by atoms with van der Waals surface area (Å²) in [7, 11) is 0. The van der Waals surface area contributed by atoms with Crippen LogP contribution in [0.2, 0.25) is 0 Å². The molecule has 0 fully saturated rings. The fourth-order valence-corrected chi connectivity index (χ4v) is 1.60. The van der Waals surface area contributed by atoms with Gasteiger partial charge in [-0.05, 0) is 13.8 Å². The summed E-state index contributed by atoms with van der Waals surface area (Å²) in [6.07, 6.45) is -1.93. The van der Waals surface area contributed by atoms with Gasteiger partial charge < -0.3 is 15.0 Å². The number of fused-ring (bicyclic) bond motifs is 1. The molecule has 4 nitrogen and oxygen atoms in total. The average Bonchev–Trinajstić information content (AvgIpc) is 2.58. The third-order valence-electron chi connectivity index (χ3n) is 2.83. The Morgan fingerprint density at radius 3 is 2.71 bits per heavy atom. The summed E-state index contributed by atoms with van der Waals surface area (Å²) in [4.78, 5) is 4.03. The van der Waals surface area contributed by atoms with Gasteiger partial charge in [0.05, 0.1) is 12.2 Å². The smallest absolute Gasteiger partial charge is 0.377 e. The number of hydrogen-bond donors (Lipinski definition) is 2. The molecule has 17 heavy (non-hydrogen) atoms. The van der Waals surface area contributed by atoms with Crippen LogP contribution in [0.15, 0.2) is 11.9 Å². The minimum atomic E-state index is -4.72. The Morgan fingerprint density at radius 1 is 1.47 bits per heavy atom. The Labute approximate surface area is 95.8 Å². The molecular formula is C10H12F3N3O. The summed E-state index contributed by atoms with van der Waals surface area (Å²) < 4.78 is 39.5. The molecule has 0 aromatic carbocycles. The number of rotatable bonds is 1. The fraction of sp³-hybridized carbons (Fsp3) is 0.500. The first-order valence-corrected chi connectivity index (χ1v) is 5.01. The number of hydrogen-bond acceptors (Lipinski definition) is 3. The number of aliphatic hydroxyl groups is 1. The highest BCUT2D eigenvalue weighted by Crippen LogP contribution is 2.36. The van der Waals surface area contributed by atoms with E-state index in [9.17, 15) is 18.3 Å². The third-order valence-corrected chi connectivity index (χ3v) is 2.83. The zero-order valence-electron chi connectivity index (χ0n) is 9.34. The molecule has 1 aromatic heterocycles. The van der Waals surface area contributed by atoms with E-state index in [4.69, 9.17) is 0 Å². The molecule has 0 saturated carbocycles. The highest BCUT2D eigenvalue weighted by atomic mass is 19.4. The van der Waals surface area contributed by atoms with Crippen LogP contribution in [0.3, 0.4) is 0 Å². The second kappa shape index (κ2) is 3.49. The van der Waals surface area contributed by atoms with E-state index in [0.717, 1.165) is 12.6 Å². The molecular weight excluding hydrogens is 235 g/mol. The van der Waals surface area contributed by atoms with Crippen LogP contribution < -0.4 is 5.32 Å². The van der Waals surface area contributed by atoms with Crippen LogP contribution in [-0.4, -0.2) is 26.4 Å². The van der Waals surface area contributed by atoms with Crippen LogP contribution in [0.25, 0.3) is 6.20 Å². The summed E-state index contributed by atoms with van der Waals surface area (Å²) in [5.41, 5.74) is -2.45. The summed E-state index contributed by atoms with van der Waals surface area (Å²) in [5, 5.41) is 12.1. The van der Waals surface area contributed by atoms with E-state index in [1.165, 1.54) is 10.8 Å². The van der Waals surface area contributed by atoms with Gasteiger partial charge in [0.25, 0.3) is 0 Å². The first-order valence-electron chi connectivity index (χ1n) is 5.01. The lowest BCUT2D eigenvalue weighted by molar-refractivity contribution is -0.238. The molecule has 1 aromatic rings. The van der Waals surface area contributed by atoms with Crippen molar-refractivity contribution in [2.75, 3.05) is 0 Å². The summed E-state index contributed by atoms with van der Waals surface area (Å²) in [5.74, 6) is 0.615. The Bertz CT molecular complexity index is 474. The summed E-state index contributed by atoms with van der Waals surface area (Å²) >= 11 is 0. The van der Waals surface area contributed by atoms with Crippen LogP contribution in [0.5, 0.6) is 0 Å². The topological polar surface area (TPSA) is 50.1 Å². The molecule has 0 amide bonds. The molecule has 2 rings (SSSR count). The van der Waals surface area contributed by atoms with Crippen LogP contribution >= 0.6 is 0 Å². The summed E-state index contributed by atoms with van der Waals surface area (Å²) in [6.45, 7) is 2.62. The quantitative estimate of drug-likeness (QED) is 0.788. The van der Waals surface area contributed by atoms with Crippen LogP contribution in [0.4, 0.5) is 13.2 Å². The largest absolute Gasteiger partial charge is 0.422 e. The Kier molecular flexibility index (Phi) is 2.46. The molecule has 1 aliphatic rings. The zero-order chi connectivity index (χ0) is 12.8. The van der Waals surface area contributed by atoms with E-state index in [1.54, 1.807) is 13.1 Å². The number of nitrogens with one attached hydrogen (secondary N) is 1. The van der Waals surface area contributed by atoms with Crippen molar-refractivity contribution in [3.05, 3.63) is 23.4 Å². The van der Waals surface area contributed by atoms with Gasteiger partial charge in [0, 0.05) is 18.1 Å². The van der Waals surface area contributed by atoms with E-state index < -0.39 is 11.8 Å².